The van der Waals surface area contributed by atoms with E-state index in [1.165, 1.54) is 173 Å². The molecule has 4 heteroatoms. The van der Waals surface area contributed by atoms with Crippen LogP contribution in [0.2, 0.25) is 0 Å². The van der Waals surface area contributed by atoms with E-state index >= 15 is 0 Å². The second kappa shape index (κ2) is 38.3. The van der Waals surface area contributed by atoms with Crippen LogP contribution in [0.1, 0.15) is 219 Å². The zero-order valence-electron chi connectivity index (χ0n) is 31.1. The van der Waals surface area contributed by atoms with Crippen LogP contribution >= 0.6 is 0 Å². The van der Waals surface area contributed by atoms with Crippen LogP contribution in [0.15, 0.2) is 24.3 Å². The van der Waals surface area contributed by atoms with Gasteiger partial charge in [-0.1, -0.05) is 192 Å². The lowest BCUT2D eigenvalue weighted by atomic mass is 10.0. The number of nitrogens with one attached hydrogen (secondary N) is 1. The van der Waals surface area contributed by atoms with Crippen LogP contribution < -0.4 is 5.32 Å². The van der Waals surface area contributed by atoms with Gasteiger partial charge >= 0.3 is 0 Å². The molecule has 1 amide bonds. The van der Waals surface area contributed by atoms with Crippen molar-refractivity contribution in [2.75, 3.05) is 6.61 Å². The Hall–Kier alpha value is -1.13. The predicted octanol–water partition coefficient (Wildman–Crippen LogP) is 12.5. The Labute approximate surface area is 288 Å². The van der Waals surface area contributed by atoms with E-state index in [1.54, 1.807) is 6.08 Å². The van der Waals surface area contributed by atoms with Gasteiger partial charge in [0.1, 0.15) is 0 Å². The van der Waals surface area contributed by atoms with Gasteiger partial charge in [-0.05, 0) is 44.9 Å². The molecule has 0 aromatic carbocycles. The topological polar surface area (TPSA) is 69.6 Å². The maximum Gasteiger partial charge on any atom is 0.220 e. The highest BCUT2D eigenvalue weighted by Crippen LogP contribution is 2.15. The predicted molar refractivity (Wildman–Crippen MR) is 202 cm³/mol. The molecule has 0 saturated heterocycles. The fraction of sp³-hybridized carbons (Fsp3) is 0.881. The second-order valence-corrected chi connectivity index (χ2v) is 14.1. The SMILES string of the molecule is CCCCCCCC/C=C\CCCCCCCCCC(=O)NC(CO)C(O)/C=C/CCCCCCCCCCCCCCCCC. The fourth-order valence-corrected chi connectivity index (χ4v) is 6.23. The summed E-state index contributed by atoms with van der Waals surface area (Å²) >= 11 is 0. The molecule has 0 bridgehead atoms. The lowest BCUT2D eigenvalue weighted by Crippen LogP contribution is -2.45. The minimum absolute atomic E-state index is 0.0679. The van der Waals surface area contributed by atoms with Gasteiger partial charge in [-0.25, -0.2) is 0 Å². The molecule has 0 aromatic rings. The molecule has 4 nitrogen and oxygen atoms in total. The average molecular weight is 648 g/mol. The van der Waals surface area contributed by atoms with Gasteiger partial charge in [0.25, 0.3) is 0 Å². The third-order valence-corrected chi connectivity index (χ3v) is 9.43. The Morgan fingerprint density at radius 3 is 1.20 bits per heavy atom. The van der Waals surface area contributed by atoms with E-state index in [1.807, 2.05) is 6.08 Å². The van der Waals surface area contributed by atoms with Gasteiger partial charge in [-0.2, -0.15) is 0 Å². The zero-order valence-corrected chi connectivity index (χ0v) is 31.1. The van der Waals surface area contributed by atoms with E-state index in [0.29, 0.717) is 6.42 Å². The van der Waals surface area contributed by atoms with Gasteiger partial charge in [-0.3, -0.25) is 4.79 Å². The molecule has 0 aliphatic rings. The monoisotopic (exact) mass is 648 g/mol. The summed E-state index contributed by atoms with van der Waals surface area (Å²) in [6, 6.07) is -0.621. The molecule has 46 heavy (non-hydrogen) atoms. The number of unbranched alkanes of at least 4 members (excludes halogenated alkanes) is 28. The summed E-state index contributed by atoms with van der Waals surface area (Å²) in [6.07, 6.45) is 48.4. The third kappa shape index (κ3) is 34.2. The van der Waals surface area contributed by atoms with Gasteiger partial charge in [0.05, 0.1) is 18.8 Å². The minimum atomic E-state index is -0.837. The van der Waals surface area contributed by atoms with Gasteiger partial charge in [0, 0.05) is 6.42 Å². The van der Waals surface area contributed by atoms with Gasteiger partial charge in [0.15, 0.2) is 0 Å². The zero-order chi connectivity index (χ0) is 33.6. The number of allylic oxidation sites excluding steroid dienone is 3. The highest BCUT2D eigenvalue weighted by atomic mass is 16.3. The third-order valence-electron chi connectivity index (χ3n) is 9.43. The molecule has 0 aliphatic heterocycles. The minimum Gasteiger partial charge on any atom is -0.394 e. The molecule has 0 fully saturated rings. The highest BCUT2D eigenvalue weighted by Gasteiger charge is 2.17. The summed E-state index contributed by atoms with van der Waals surface area (Å²) in [5, 5.41) is 23.0. The number of rotatable bonds is 37. The van der Waals surface area contributed by atoms with Crippen LogP contribution in [0.25, 0.3) is 0 Å². The fourth-order valence-electron chi connectivity index (χ4n) is 6.23. The molecule has 0 aliphatic carbocycles. The molecule has 2 atom stereocenters. The molecular formula is C42H81NO3. The normalized spacial score (nSPS) is 13.2. The van der Waals surface area contributed by atoms with Crippen LogP contribution in [0.4, 0.5) is 0 Å². The van der Waals surface area contributed by atoms with Crippen molar-refractivity contribution in [2.24, 2.45) is 0 Å². The van der Waals surface area contributed by atoms with Crippen molar-refractivity contribution < 1.29 is 15.0 Å². The highest BCUT2D eigenvalue weighted by molar-refractivity contribution is 5.76. The van der Waals surface area contributed by atoms with Gasteiger partial charge < -0.3 is 15.5 Å². The van der Waals surface area contributed by atoms with Gasteiger partial charge in [0.2, 0.25) is 5.91 Å². The Morgan fingerprint density at radius 1 is 0.500 bits per heavy atom. The largest absolute Gasteiger partial charge is 0.394 e. The number of aliphatic hydroxyl groups is 2. The molecule has 0 radical (unpaired) electrons. The van der Waals surface area contributed by atoms with E-state index in [0.717, 1.165) is 25.7 Å². The Morgan fingerprint density at radius 2 is 0.826 bits per heavy atom. The van der Waals surface area contributed by atoms with Crippen molar-refractivity contribution in [2.45, 2.75) is 231 Å². The van der Waals surface area contributed by atoms with Crippen LogP contribution in [-0.2, 0) is 4.79 Å². The van der Waals surface area contributed by atoms with Crippen molar-refractivity contribution in [1.82, 2.24) is 5.32 Å². The van der Waals surface area contributed by atoms with Crippen molar-refractivity contribution in [3.8, 4) is 0 Å². The average Bonchev–Trinajstić information content (AvgIpc) is 3.06. The Kier molecular flexibility index (Phi) is 37.4. The summed E-state index contributed by atoms with van der Waals surface area (Å²) < 4.78 is 0. The Bertz CT molecular complexity index is 661. The number of hydrogen-bond donors (Lipinski definition) is 3. The van der Waals surface area contributed by atoms with Gasteiger partial charge in [-0.15, -0.1) is 0 Å². The second-order valence-electron chi connectivity index (χ2n) is 14.1. The summed E-state index contributed by atoms with van der Waals surface area (Å²) in [5.74, 6) is -0.0679. The van der Waals surface area contributed by atoms with Crippen LogP contribution in [0.3, 0.4) is 0 Å². The van der Waals surface area contributed by atoms with Crippen LogP contribution in [-0.4, -0.2) is 34.9 Å². The molecule has 2 unspecified atom stereocenters. The number of carbonyl (C=O) groups excluding carboxylic acids is 1. The maximum atomic E-state index is 12.3. The van der Waals surface area contributed by atoms with E-state index in [-0.39, 0.29) is 12.5 Å². The molecule has 0 rings (SSSR count). The van der Waals surface area contributed by atoms with E-state index in [4.69, 9.17) is 0 Å². The summed E-state index contributed by atoms with van der Waals surface area (Å²) in [5.41, 5.74) is 0. The maximum absolute atomic E-state index is 12.3. The lowest BCUT2D eigenvalue weighted by molar-refractivity contribution is -0.123. The van der Waals surface area contributed by atoms with Crippen molar-refractivity contribution in [1.29, 1.82) is 0 Å². The lowest BCUT2D eigenvalue weighted by Gasteiger charge is -2.20. The standard InChI is InChI=1S/C42H81NO3/c1-3-5-7-9-11-13-15-17-19-21-23-25-27-29-31-33-35-37-41(45)40(39-44)43-42(46)38-36-34-32-30-28-26-24-22-20-18-16-14-12-10-8-6-4-2/h18,20,35,37,40-41,44-45H,3-17,19,21-34,36,38-39H2,1-2H3,(H,43,46)/b20-18-,37-35+. The molecule has 272 valence electrons. The molecule has 0 aromatic heterocycles. The molecule has 0 heterocycles. The number of amides is 1. The Balaban J connectivity index is 3.59. The number of hydrogen-bond acceptors (Lipinski definition) is 3. The first kappa shape index (κ1) is 44.9. The van der Waals surface area contributed by atoms with E-state index < -0.39 is 12.1 Å². The van der Waals surface area contributed by atoms with Crippen LogP contribution in [0.5, 0.6) is 0 Å². The molecule has 0 spiro atoms. The quantitative estimate of drug-likeness (QED) is 0.0464. The van der Waals surface area contributed by atoms with E-state index in [2.05, 4.69) is 31.3 Å². The molecule has 0 saturated carbocycles. The summed E-state index contributed by atoms with van der Waals surface area (Å²) in [7, 11) is 0. The first-order valence-electron chi connectivity index (χ1n) is 20.6. The van der Waals surface area contributed by atoms with Crippen LogP contribution in [0, 0.1) is 0 Å². The number of carbonyl (C=O) groups is 1. The van der Waals surface area contributed by atoms with Crippen molar-refractivity contribution in [3.63, 3.8) is 0 Å². The summed E-state index contributed by atoms with van der Waals surface area (Å²) in [6.45, 7) is 4.31. The molecule has 3 N–H and O–H groups in total. The number of aliphatic hydroxyl groups excluding tert-OH is 2. The first-order valence-corrected chi connectivity index (χ1v) is 20.6. The van der Waals surface area contributed by atoms with Crippen molar-refractivity contribution in [3.05, 3.63) is 24.3 Å². The first-order chi connectivity index (χ1) is 22.7. The van der Waals surface area contributed by atoms with E-state index in [9.17, 15) is 15.0 Å². The smallest absolute Gasteiger partial charge is 0.220 e. The van der Waals surface area contributed by atoms with Crippen molar-refractivity contribution >= 4 is 5.91 Å². The molecular weight excluding hydrogens is 566 g/mol. The summed E-state index contributed by atoms with van der Waals surface area (Å²) in [4.78, 5) is 12.3.